The summed E-state index contributed by atoms with van der Waals surface area (Å²) in [6, 6.07) is 25.6. The van der Waals surface area contributed by atoms with E-state index < -0.39 is 0 Å². The number of nitrogens with zero attached hydrogens (tertiary/aromatic N) is 3. The molecule has 5 rings (SSSR count). The van der Waals surface area contributed by atoms with Crippen molar-refractivity contribution in [3.63, 3.8) is 0 Å². The van der Waals surface area contributed by atoms with E-state index in [2.05, 4.69) is 96.2 Å². The molecule has 0 spiro atoms. The van der Waals surface area contributed by atoms with Crippen LogP contribution in [0.2, 0.25) is 0 Å². The molecule has 0 unspecified atom stereocenters. The molecule has 0 amide bonds. The number of hydrogen-bond acceptors (Lipinski definition) is 4. The molecule has 180 valence electrons. The fourth-order valence-electron chi connectivity index (χ4n) is 4.57. The van der Waals surface area contributed by atoms with Crippen molar-refractivity contribution in [3.8, 4) is 22.9 Å². The maximum atomic E-state index is 5.63. The number of ether oxygens (including phenoxy) is 2. The van der Waals surface area contributed by atoms with E-state index in [0.717, 1.165) is 61.9 Å². The molecule has 1 aliphatic heterocycles. The molecule has 5 heteroatoms. The van der Waals surface area contributed by atoms with Crippen molar-refractivity contribution in [1.29, 1.82) is 0 Å². The lowest BCUT2D eigenvalue weighted by molar-refractivity contribution is 0.174. The number of fused-ring (bicyclic) bond motifs is 1. The van der Waals surface area contributed by atoms with E-state index in [-0.39, 0.29) is 0 Å². The van der Waals surface area contributed by atoms with Crippen LogP contribution in [0.4, 0.5) is 0 Å². The highest BCUT2D eigenvalue weighted by molar-refractivity contribution is 5.56. The highest BCUT2D eigenvalue weighted by atomic mass is 16.7. The second-order valence-electron chi connectivity index (χ2n) is 9.26. The van der Waals surface area contributed by atoms with E-state index >= 15 is 0 Å². The van der Waals surface area contributed by atoms with Gasteiger partial charge in [-0.2, -0.15) is 0 Å². The first-order valence-electron chi connectivity index (χ1n) is 12.5. The summed E-state index contributed by atoms with van der Waals surface area (Å²) in [5.41, 5.74) is 6.20. The van der Waals surface area contributed by atoms with Crippen LogP contribution in [0, 0.1) is 6.92 Å². The lowest BCUT2D eigenvalue weighted by atomic mass is 10.1. The average molecular weight is 468 g/mol. The highest BCUT2D eigenvalue weighted by Crippen LogP contribution is 2.33. The molecule has 0 radical (unpaired) electrons. The van der Waals surface area contributed by atoms with Crippen molar-refractivity contribution < 1.29 is 9.47 Å². The van der Waals surface area contributed by atoms with Gasteiger partial charge in [-0.05, 0) is 36.6 Å². The second kappa shape index (κ2) is 10.8. The summed E-state index contributed by atoms with van der Waals surface area (Å²) < 4.78 is 13.5. The summed E-state index contributed by atoms with van der Waals surface area (Å²) in [5.74, 6) is 2.70. The highest BCUT2D eigenvalue weighted by Gasteiger charge is 2.18. The Morgan fingerprint density at radius 3 is 2.40 bits per heavy atom. The zero-order valence-electron chi connectivity index (χ0n) is 20.6. The molecule has 1 aromatic heterocycles. The number of hydrogen-bond donors (Lipinski definition) is 0. The second-order valence-corrected chi connectivity index (χ2v) is 9.26. The monoisotopic (exact) mass is 467 g/mol. The molecule has 4 aromatic rings. The van der Waals surface area contributed by atoms with Crippen molar-refractivity contribution in [2.75, 3.05) is 6.79 Å². The number of unbranched alkanes of at least 4 members (excludes halogenated alkanes) is 1. The van der Waals surface area contributed by atoms with Crippen LogP contribution in [0.15, 0.2) is 79.0 Å². The summed E-state index contributed by atoms with van der Waals surface area (Å²) in [4.78, 5) is 7.35. The molecule has 0 saturated carbocycles. The van der Waals surface area contributed by atoms with E-state index in [1.165, 1.54) is 22.4 Å². The first-order valence-corrected chi connectivity index (χ1v) is 12.5. The molecular formula is C30H33N3O2. The van der Waals surface area contributed by atoms with Gasteiger partial charge in [-0.1, -0.05) is 79.6 Å². The maximum absolute atomic E-state index is 5.63. The molecule has 0 fully saturated rings. The van der Waals surface area contributed by atoms with Crippen LogP contribution < -0.4 is 9.47 Å². The normalized spacial score (nSPS) is 12.4. The van der Waals surface area contributed by atoms with E-state index in [4.69, 9.17) is 14.5 Å². The Morgan fingerprint density at radius 1 is 0.857 bits per heavy atom. The third-order valence-corrected chi connectivity index (χ3v) is 6.46. The average Bonchev–Trinajstić information content (AvgIpc) is 3.51. The minimum Gasteiger partial charge on any atom is -0.454 e. The van der Waals surface area contributed by atoms with Gasteiger partial charge in [-0.25, -0.2) is 4.98 Å². The zero-order valence-corrected chi connectivity index (χ0v) is 20.6. The van der Waals surface area contributed by atoms with E-state index in [1.807, 2.05) is 6.07 Å². The third kappa shape index (κ3) is 5.57. The Kier molecular flexibility index (Phi) is 7.15. The van der Waals surface area contributed by atoms with Gasteiger partial charge >= 0.3 is 0 Å². The molecule has 1 aliphatic rings. The largest absolute Gasteiger partial charge is 0.454 e. The smallest absolute Gasteiger partial charge is 0.231 e. The molecule has 35 heavy (non-hydrogen) atoms. The molecule has 2 heterocycles. The number of aryl methyl sites for hydroxylation is 1. The Morgan fingerprint density at radius 2 is 1.60 bits per heavy atom. The van der Waals surface area contributed by atoms with Crippen LogP contribution in [0.3, 0.4) is 0 Å². The summed E-state index contributed by atoms with van der Waals surface area (Å²) in [5, 5.41) is 0. The summed E-state index contributed by atoms with van der Waals surface area (Å²) in [6.45, 7) is 8.11. The first-order chi connectivity index (χ1) is 17.2. The van der Waals surface area contributed by atoms with E-state index in [0.29, 0.717) is 6.79 Å². The molecule has 0 aliphatic carbocycles. The minimum atomic E-state index is 0.296. The SMILES string of the molecule is CCCCn1c(CN(Cc2ccc(C)cc2)Cc2ccc3c(c2)OCO3)cnc1-c1ccccc1. The van der Waals surface area contributed by atoms with E-state index in [9.17, 15) is 0 Å². The molecule has 0 saturated heterocycles. The van der Waals surface area contributed by atoms with Gasteiger partial charge in [0, 0.05) is 31.7 Å². The molecule has 0 atom stereocenters. The van der Waals surface area contributed by atoms with Crippen LogP contribution in [0.1, 0.15) is 42.1 Å². The van der Waals surface area contributed by atoms with Gasteiger partial charge in [-0.15, -0.1) is 0 Å². The van der Waals surface area contributed by atoms with Gasteiger partial charge in [0.2, 0.25) is 6.79 Å². The predicted octanol–water partition coefficient (Wildman–Crippen LogP) is 6.59. The lowest BCUT2D eigenvalue weighted by Crippen LogP contribution is -2.24. The van der Waals surface area contributed by atoms with Gasteiger partial charge in [0.05, 0.1) is 11.9 Å². The molecule has 0 N–H and O–H groups in total. The first kappa shape index (κ1) is 23.2. The van der Waals surface area contributed by atoms with Gasteiger partial charge in [0.15, 0.2) is 11.5 Å². The van der Waals surface area contributed by atoms with Crippen LogP contribution in [0.25, 0.3) is 11.4 Å². The van der Waals surface area contributed by atoms with E-state index in [1.54, 1.807) is 0 Å². The van der Waals surface area contributed by atoms with Crippen LogP contribution in [-0.4, -0.2) is 21.2 Å². The maximum Gasteiger partial charge on any atom is 0.231 e. The van der Waals surface area contributed by atoms with Crippen molar-refractivity contribution >= 4 is 0 Å². The van der Waals surface area contributed by atoms with Gasteiger partial charge in [-0.3, -0.25) is 4.90 Å². The van der Waals surface area contributed by atoms with Crippen molar-refractivity contribution in [3.05, 3.63) is 101 Å². The van der Waals surface area contributed by atoms with Gasteiger partial charge in [0.1, 0.15) is 5.82 Å². The summed E-state index contributed by atoms with van der Waals surface area (Å²) in [6.07, 6.45) is 4.33. The summed E-state index contributed by atoms with van der Waals surface area (Å²) >= 11 is 0. The molecular weight excluding hydrogens is 434 g/mol. The third-order valence-electron chi connectivity index (χ3n) is 6.46. The Hall–Kier alpha value is -3.57. The standard InChI is InChI=1S/C30H33N3O2/c1-3-4-16-33-27(18-31-30(33)26-8-6-5-7-9-26)21-32(19-24-12-10-23(2)11-13-24)20-25-14-15-28-29(17-25)35-22-34-28/h5-15,17-18H,3-4,16,19-22H2,1-2H3. The number of rotatable bonds is 10. The Labute approximate surface area is 208 Å². The Balaban J connectivity index is 1.44. The van der Waals surface area contributed by atoms with Crippen LogP contribution in [-0.2, 0) is 26.2 Å². The van der Waals surface area contributed by atoms with Crippen LogP contribution in [0.5, 0.6) is 11.5 Å². The molecule has 0 bridgehead atoms. The van der Waals surface area contributed by atoms with Crippen molar-refractivity contribution in [2.24, 2.45) is 0 Å². The number of benzene rings is 3. The molecule has 5 nitrogen and oxygen atoms in total. The van der Waals surface area contributed by atoms with Gasteiger partial charge < -0.3 is 14.0 Å². The Bertz CT molecular complexity index is 1250. The summed E-state index contributed by atoms with van der Waals surface area (Å²) in [7, 11) is 0. The topological polar surface area (TPSA) is 39.5 Å². The molecule has 3 aromatic carbocycles. The predicted molar refractivity (Wildman–Crippen MR) is 139 cm³/mol. The fraction of sp³-hybridized carbons (Fsp3) is 0.300. The van der Waals surface area contributed by atoms with Crippen molar-refractivity contribution in [1.82, 2.24) is 14.5 Å². The van der Waals surface area contributed by atoms with Gasteiger partial charge in [0.25, 0.3) is 0 Å². The van der Waals surface area contributed by atoms with Crippen LogP contribution >= 0.6 is 0 Å². The fourth-order valence-corrected chi connectivity index (χ4v) is 4.57. The quantitative estimate of drug-likeness (QED) is 0.264. The van der Waals surface area contributed by atoms with Crippen molar-refractivity contribution in [2.45, 2.75) is 52.9 Å². The number of aromatic nitrogens is 2. The zero-order chi connectivity index (χ0) is 24.0. The minimum absolute atomic E-state index is 0.296. The lowest BCUT2D eigenvalue weighted by Gasteiger charge is -2.24. The number of imidazole rings is 1.